The number of hydrogen-bond donors (Lipinski definition) is 1. The molecular weight excluding hydrogens is 382 g/mol. The monoisotopic (exact) mass is 409 g/mol. The van der Waals surface area contributed by atoms with Crippen LogP contribution in [0.25, 0.3) is 0 Å². The third-order valence-corrected chi connectivity index (χ3v) is 5.46. The predicted octanol–water partition coefficient (Wildman–Crippen LogP) is 6.08. The third kappa shape index (κ3) is 4.32. The van der Waals surface area contributed by atoms with Crippen LogP contribution in [0.1, 0.15) is 52.5 Å². The smallest absolute Gasteiger partial charge is 0.269 e. The average molecular weight is 409 g/mol. The van der Waals surface area contributed by atoms with Crippen LogP contribution in [0, 0.1) is 10.1 Å². The second-order valence-corrected chi connectivity index (χ2v) is 8.24. The molecule has 1 N–H and O–H groups in total. The number of carbonyl (C=O) groups excluding carboxylic acids is 1. The summed E-state index contributed by atoms with van der Waals surface area (Å²) in [6.45, 7) is 11.1. The maximum Gasteiger partial charge on any atom is 0.269 e. The van der Waals surface area contributed by atoms with Crippen molar-refractivity contribution in [3.8, 4) is 0 Å². The highest BCUT2D eigenvalue weighted by Crippen LogP contribution is 2.47. The Balaban J connectivity index is 2.04. The molecule has 0 unspecified atom stereocenters. The van der Waals surface area contributed by atoms with Crippen LogP contribution in [0.2, 0.25) is 0 Å². The maximum atomic E-state index is 11.8. The zero-order valence-corrected chi connectivity index (χ0v) is 18.0. The Bertz CT molecular complexity index is 999. The summed E-state index contributed by atoms with van der Waals surface area (Å²) >= 11 is 0. The number of hydrogen-bond acceptors (Lipinski definition) is 6. The zero-order valence-electron chi connectivity index (χ0n) is 18.0. The Labute approximate surface area is 176 Å². The van der Waals surface area contributed by atoms with Gasteiger partial charge in [-0.1, -0.05) is 6.92 Å². The van der Waals surface area contributed by atoms with Crippen molar-refractivity contribution in [3.05, 3.63) is 52.1 Å². The van der Waals surface area contributed by atoms with Crippen molar-refractivity contribution < 1.29 is 9.72 Å². The Hall–Kier alpha value is -3.29. The standard InChI is InChI=1S/C22H27N5O3/c1-6-26-21-12-19(23-15(3)28)20(11-18(21)14(2)13-22(26,4)5)25-24-16-7-9-17(10-8-16)27(29)30/h7-12,14H,6,13H2,1-5H3,(H,23,28)/t14-/m0/s1. The van der Waals surface area contributed by atoms with Gasteiger partial charge in [0.2, 0.25) is 5.91 Å². The van der Waals surface area contributed by atoms with Gasteiger partial charge in [-0.3, -0.25) is 14.9 Å². The van der Waals surface area contributed by atoms with E-state index in [9.17, 15) is 14.9 Å². The second-order valence-electron chi connectivity index (χ2n) is 8.24. The minimum atomic E-state index is -0.457. The molecule has 1 aliphatic heterocycles. The van der Waals surface area contributed by atoms with Crippen molar-refractivity contribution in [1.29, 1.82) is 0 Å². The van der Waals surface area contributed by atoms with Crippen LogP contribution in [0.5, 0.6) is 0 Å². The van der Waals surface area contributed by atoms with E-state index in [-0.39, 0.29) is 17.1 Å². The van der Waals surface area contributed by atoms with Gasteiger partial charge in [-0.25, -0.2) is 0 Å². The zero-order chi connectivity index (χ0) is 22.1. The SMILES string of the molecule is CCN1c2cc(NC(C)=O)c(N=Nc3ccc([N+](=O)[O-])cc3)cc2[C@@H](C)CC1(C)C. The first-order chi connectivity index (χ1) is 14.1. The van der Waals surface area contributed by atoms with Crippen LogP contribution in [-0.4, -0.2) is 22.9 Å². The summed E-state index contributed by atoms with van der Waals surface area (Å²) in [4.78, 5) is 24.5. The Morgan fingerprint density at radius 1 is 1.27 bits per heavy atom. The lowest BCUT2D eigenvalue weighted by molar-refractivity contribution is -0.384. The maximum absolute atomic E-state index is 11.8. The van der Waals surface area contributed by atoms with E-state index in [1.54, 1.807) is 12.1 Å². The van der Waals surface area contributed by atoms with Crippen molar-refractivity contribution in [1.82, 2.24) is 0 Å². The first-order valence-corrected chi connectivity index (χ1v) is 10.0. The van der Waals surface area contributed by atoms with Crippen LogP contribution in [0.15, 0.2) is 46.6 Å². The van der Waals surface area contributed by atoms with Gasteiger partial charge in [-0.15, -0.1) is 5.11 Å². The van der Waals surface area contributed by atoms with E-state index in [2.05, 4.69) is 48.1 Å². The molecule has 0 aliphatic carbocycles. The molecule has 0 fully saturated rings. The number of benzene rings is 2. The molecular formula is C22H27N5O3. The fourth-order valence-electron chi connectivity index (χ4n) is 4.24. The highest BCUT2D eigenvalue weighted by molar-refractivity contribution is 5.93. The molecule has 0 saturated heterocycles. The molecule has 1 amide bonds. The number of amides is 1. The normalized spacial score (nSPS) is 17.6. The lowest BCUT2D eigenvalue weighted by Gasteiger charge is -2.47. The molecule has 1 atom stereocenters. The minimum absolute atomic E-state index is 0.00207. The van der Waals surface area contributed by atoms with E-state index in [0.717, 1.165) is 18.7 Å². The number of nitrogens with one attached hydrogen (secondary N) is 1. The lowest BCUT2D eigenvalue weighted by atomic mass is 9.79. The quantitative estimate of drug-likeness (QED) is 0.367. The molecule has 158 valence electrons. The van der Waals surface area contributed by atoms with Crippen LogP contribution in [-0.2, 0) is 4.79 Å². The molecule has 0 aromatic heterocycles. The van der Waals surface area contributed by atoms with E-state index < -0.39 is 4.92 Å². The van der Waals surface area contributed by atoms with Crippen molar-refractivity contribution >= 4 is 34.3 Å². The van der Waals surface area contributed by atoms with Gasteiger partial charge in [0.25, 0.3) is 5.69 Å². The van der Waals surface area contributed by atoms with Gasteiger partial charge in [0.1, 0.15) is 5.69 Å². The molecule has 2 aromatic carbocycles. The summed E-state index contributed by atoms with van der Waals surface area (Å²) in [7, 11) is 0. The van der Waals surface area contributed by atoms with Crippen LogP contribution >= 0.6 is 0 Å². The number of nitro groups is 1. The van der Waals surface area contributed by atoms with Crippen molar-refractivity contribution in [2.45, 2.75) is 52.5 Å². The van der Waals surface area contributed by atoms with E-state index in [1.165, 1.54) is 24.6 Å². The van der Waals surface area contributed by atoms with E-state index in [4.69, 9.17) is 0 Å². The van der Waals surface area contributed by atoms with Crippen LogP contribution in [0.3, 0.4) is 0 Å². The second kappa shape index (κ2) is 8.22. The van der Waals surface area contributed by atoms with Gasteiger partial charge in [0, 0.05) is 36.8 Å². The molecule has 1 heterocycles. The molecule has 0 saturated carbocycles. The third-order valence-electron chi connectivity index (χ3n) is 5.46. The molecule has 8 heteroatoms. The first-order valence-electron chi connectivity index (χ1n) is 10.0. The lowest BCUT2D eigenvalue weighted by Crippen LogP contribution is -2.48. The summed E-state index contributed by atoms with van der Waals surface area (Å²) in [5, 5.41) is 22.3. The summed E-state index contributed by atoms with van der Waals surface area (Å²) in [5.41, 5.74) is 3.92. The largest absolute Gasteiger partial charge is 0.366 e. The molecule has 30 heavy (non-hydrogen) atoms. The minimum Gasteiger partial charge on any atom is -0.366 e. The highest BCUT2D eigenvalue weighted by atomic mass is 16.6. The summed E-state index contributed by atoms with van der Waals surface area (Å²) in [6, 6.07) is 9.82. The number of nitrogens with zero attached hydrogens (tertiary/aromatic N) is 4. The first kappa shape index (κ1) is 21.4. The fraction of sp³-hybridized carbons (Fsp3) is 0.409. The number of azo groups is 1. The molecule has 0 bridgehead atoms. The van der Waals surface area contributed by atoms with E-state index in [1.807, 2.05) is 12.1 Å². The topological polar surface area (TPSA) is 100 Å². The van der Waals surface area contributed by atoms with E-state index >= 15 is 0 Å². The van der Waals surface area contributed by atoms with Gasteiger partial charge in [0.15, 0.2) is 0 Å². The van der Waals surface area contributed by atoms with Gasteiger partial charge in [-0.2, -0.15) is 5.11 Å². The van der Waals surface area contributed by atoms with Crippen LogP contribution < -0.4 is 10.2 Å². The van der Waals surface area contributed by atoms with Crippen molar-refractivity contribution in [2.75, 3.05) is 16.8 Å². The molecule has 1 aliphatic rings. The Kier molecular flexibility index (Phi) is 5.87. The summed E-state index contributed by atoms with van der Waals surface area (Å²) in [5.74, 6) is 0.144. The van der Waals surface area contributed by atoms with Gasteiger partial charge in [-0.05, 0) is 62.9 Å². The number of carbonyl (C=O) groups is 1. The summed E-state index contributed by atoms with van der Waals surface area (Å²) in [6.07, 6.45) is 1.01. The predicted molar refractivity (Wildman–Crippen MR) is 118 cm³/mol. The average Bonchev–Trinajstić information content (AvgIpc) is 2.66. The number of anilines is 2. The van der Waals surface area contributed by atoms with Gasteiger partial charge >= 0.3 is 0 Å². The molecule has 0 spiro atoms. The number of fused-ring (bicyclic) bond motifs is 1. The van der Waals surface area contributed by atoms with Crippen molar-refractivity contribution in [3.63, 3.8) is 0 Å². The highest BCUT2D eigenvalue weighted by Gasteiger charge is 2.36. The Morgan fingerprint density at radius 3 is 2.50 bits per heavy atom. The Morgan fingerprint density at radius 2 is 1.93 bits per heavy atom. The molecule has 3 rings (SSSR count). The van der Waals surface area contributed by atoms with Crippen molar-refractivity contribution in [2.24, 2.45) is 10.2 Å². The number of nitro benzene ring substituents is 1. The number of non-ortho nitro benzene ring substituents is 1. The van der Waals surface area contributed by atoms with Gasteiger partial charge in [0.05, 0.1) is 16.3 Å². The number of rotatable bonds is 5. The fourth-order valence-corrected chi connectivity index (χ4v) is 4.24. The van der Waals surface area contributed by atoms with E-state index in [0.29, 0.717) is 23.0 Å². The van der Waals surface area contributed by atoms with Crippen LogP contribution in [0.4, 0.5) is 28.4 Å². The van der Waals surface area contributed by atoms with Gasteiger partial charge < -0.3 is 10.2 Å². The summed E-state index contributed by atoms with van der Waals surface area (Å²) < 4.78 is 0. The molecule has 2 aromatic rings. The molecule has 0 radical (unpaired) electrons. The molecule has 8 nitrogen and oxygen atoms in total.